The molecular weight excluding hydrogens is 302 g/mol. The second-order valence-corrected chi connectivity index (χ2v) is 5.15. The van der Waals surface area contributed by atoms with Gasteiger partial charge in [-0.2, -0.15) is 0 Å². The molecule has 0 saturated carbocycles. The van der Waals surface area contributed by atoms with Gasteiger partial charge in [-0.05, 0) is 17.7 Å². The van der Waals surface area contributed by atoms with Crippen molar-refractivity contribution in [1.82, 2.24) is 4.90 Å². The number of ether oxygens (including phenoxy) is 1. The molecule has 0 heterocycles. The first kappa shape index (κ1) is 16.3. The van der Waals surface area contributed by atoms with E-state index in [-0.39, 0.29) is 25.7 Å². The maximum absolute atomic E-state index is 12.3. The fourth-order valence-corrected chi connectivity index (χ4v) is 2.20. The lowest BCUT2D eigenvalue weighted by atomic mass is 10.2. The third kappa shape index (κ3) is 4.76. The molecule has 4 nitrogen and oxygen atoms in total. The van der Waals surface area contributed by atoms with Crippen LogP contribution in [-0.4, -0.2) is 35.7 Å². The molecule has 2 aromatic carbocycles. The van der Waals surface area contributed by atoms with Gasteiger partial charge in [-0.3, -0.25) is 4.79 Å². The molecule has 0 aliphatic carbocycles. The summed E-state index contributed by atoms with van der Waals surface area (Å²) in [4.78, 5) is 13.8. The Morgan fingerprint density at radius 3 is 2.45 bits per heavy atom. The molecule has 0 fully saturated rings. The van der Waals surface area contributed by atoms with Gasteiger partial charge in [0.1, 0.15) is 5.75 Å². The summed E-state index contributed by atoms with van der Waals surface area (Å²) in [6.07, 6.45) is 0. The zero-order chi connectivity index (χ0) is 15.8. The Labute approximate surface area is 134 Å². The average molecular weight is 320 g/mol. The average Bonchev–Trinajstić information content (AvgIpc) is 2.54. The van der Waals surface area contributed by atoms with E-state index in [1.54, 1.807) is 29.2 Å². The maximum atomic E-state index is 12.3. The Kier molecular flexibility index (Phi) is 6.25. The molecule has 0 spiro atoms. The van der Waals surface area contributed by atoms with E-state index >= 15 is 0 Å². The fourth-order valence-electron chi connectivity index (χ4n) is 2.01. The number of hydrogen-bond acceptors (Lipinski definition) is 3. The molecule has 0 saturated heterocycles. The normalized spacial score (nSPS) is 10.3. The molecule has 5 heteroatoms. The van der Waals surface area contributed by atoms with Gasteiger partial charge in [-0.15, -0.1) is 0 Å². The van der Waals surface area contributed by atoms with E-state index in [0.717, 1.165) is 5.56 Å². The van der Waals surface area contributed by atoms with E-state index in [2.05, 4.69) is 0 Å². The molecule has 22 heavy (non-hydrogen) atoms. The minimum absolute atomic E-state index is 0.0926. The van der Waals surface area contributed by atoms with Gasteiger partial charge in [0.15, 0.2) is 6.61 Å². The Balaban J connectivity index is 1.96. The molecule has 1 N–H and O–H groups in total. The van der Waals surface area contributed by atoms with Crippen molar-refractivity contribution in [2.24, 2.45) is 0 Å². The number of rotatable bonds is 7. The standard InChI is InChI=1S/C17H18ClNO3/c18-15-8-4-5-9-16(15)22-13-17(21)19(10-11-20)12-14-6-2-1-3-7-14/h1-9,20H,10-13H2. The van der Waals surface area contributed by atoms with E-state index in [1.165, 1.54) is 0 Å². The summed E-state index contributed by atoms with van der Waals surface area (Å²) in [5, 5.41) is 9.60. The summed E-state index contributed by atoms with van der Waals surface area (Å²) in [6.45, 7) is 0.493. The van der Waals surface area contributed by atoms with Crippen molar-refractivity contribution in [3.8, 4) is 5.75 Å². The van der Waals surface area contributed by atoms with Crippen LogP contribution in [0.2, 0.25) is 5.02 Å². The molecule has 0 bridgehead atoms. The monoisotopic (exact) mass is 319 g/mol. The number of benzene rings is 2. The number of para-hydroxylation sites is 1. The van der Waals surface area contributed by atoms with Crippen LogP contribution < -0.4 is 4.74 Å². The zero-order valence-electron chi connectivity index (χ0n) is 12.1. The van der Waals surface area contributed by atoms with E-state index in [4.69, 9.17) is 21.4 Å². The van der Waals surface area contributed by atoms with Crippen molar-refractivity contribution >= 4 is 17.5 Å². The molecule has 2 aromatic rings. The van der Waals surface area contributed by atoms with Crippen LogP contribution in [0.15, 0.2) is 54.6 Å². The Morgan fingerprint density at radius 2 is 1.77 bits per heavy atom. The molecule has 0 aromatic heterocycles. The number of carbonyl (C=O) groups is 1. The number of hydrogen-bond donors (Lipinski definition) is 1. The number of nitrogens with zero attached hydrogens (tertiary/aromatic N) is 1. The molecule has 116 valence electrons. The Hall–Kier alpha value is -2.04. The molecule has 0 atom stereocenters. The smallest absolute Gasteiger partial charge is 0.260 e. The van der Waals surface area contributed by atoms with Crippen LogP contribution >= 0.6 is 11.6 Å². The van der Waals surface area contributed by atoms with Crippen molar-refractivity contribution in [3.63, 3.8) is 0 Å². The van der Waals surface area contributed by atoms with Crippen LogP contribution in [0.3, 0.4) is 0 Å². The molecule has 1 amide bonds. The van der Waals surface area contributed by atoms with Crippen LogP contribution in [0.4, 0.5) is 0 Å². The first-order chi connectivity index (χ1) is 10.7. The SMILES string of the molecule is O=C(COc1ccccc1Cl)N(CCO)Cc1ccccc1. The van der Waals surface area contributed by atoms with E-state index in [1.807, 2.05) is 30.3 Å². The number of carbonyl (C=O) groups excluding carboxylic acids is 1. The molecule has 0 aliphatic rings. The number of halogens is 1. The quantitative estimate of drug-likeness (QED) is 0.853. The van der Waals surface area contributed by atoms with Gasteiger partial charge in [-0.25, -0.2) is 0 Å². The van der Waals surface area contributed by atoms with Gasteiger partial charge >= 0.3 is 0 Å². The Bertz CT molecular complexity index is 604. The highest BCUT2D eigenvalue weighted by Crippen LogP contribution is 2.23. The highest BCUT2D eigenvalue weighted by Gasteiger charge is 2.14. The second-order valence-electron chi connectivity index (χ2n) is 4.74. The van der Waals surface area contributed by atoms with Crippen LogP contribution in [-0.2, 0) is 11.3 Å². The second kappa shape index (κ2) is 8.41. The van der Waals surface area contributed by atoms with Crippen LogP contribution in [0, 0.1) is 0 Å². The number of aliphatic hydroxyl groups excluding tert-OH is 1. The van der Waals surface area contributed by atoms with Crippen LogP contribution in [0.1, 0.15) is 5.56 Å². The van der Waals surface area contributed by atoms with Gasteiger partial charge in [0, 0.05) is 13.1 Å². The lowest BCUT2D eigenvalue weighted by Gasteiger charge is -2.22. The van der Waals surface area contributed by atoms with Crippen molar-refractivity contribution < 1.29 is 14.6 Å². The fraction of sp³-hybridized carbons (Fsp3) is 0.235. The maximum Gasteiger partial charge on any atom is 0.260 e. The van der Waals surface area contributed by atoms with Crippen LogP contribution in [0.25, 0.3) is 0 Å². The molecule has 0 unspecified atom stereocenters. The Morgan fingerprint density at radius 1 is 1.09 bits per heavy atom. The molecule has 2 rings (SSSR count). The van der Waals surface area contributed by atoms with Crippen molar-refractivity contribution in [3.05, 3.63) is 65.2 Å². The van der Waals surface area contributed by atoms with Crippen molar-refractivity contribution in [1.29, 1.82) is 0 Å². The van der Waals surface area contributed by atoms with Gasteiger partial charge in [-0.1, -0.05) is 54.1 Å². The van der Waals surface area contributed by atoms with Crippen molar-refractivity contribution in [2.75, 3.05) is 19.8 Å². The summed E-state index contributed by atoms with van der Waals surface area (Å²) in [5.74, 6) is 0.277. The van der Waals surface area contributed by atoms with E-state index in [9.17, 15) is 4.79 Å². The summed E-state index contributed by atoms with van der Waals surface area (Å²) >= 11 is 5.99. The first-order valence-electron chi connectivity index (χ1n) is 7.00. The topological polar surface area (TPSA) is 49.8 Å². The lowest BCUT2D eigenvalue weighted by molar-refractivity contribution is -0.134. The summed E-state index contributed by atoms with van der Waals surface area (Å²) in [7, 11) is 0. The first-order valence-corrected chi connectivity index (χ1v) is 7.38. The number of aliphatic hydroxyl groups is 1. The van der Waals surface area contributed by atoms with Crippen molar-refractivity contribution in [2.45, 2.75) is 6.54 Å². The minimum Gasteiger partial charge on any atom is -0.482 e. The van der Waals surface area contributed by atoms with Gasteiger partial charge < -0.3 is 14.7 Å². The summed E-state index contributed by atoms with van der Waals surface area (Å²) in [5.41, 5.74) is 1.00. The predicted octanol–water partition coefficient (Wildman–Crippen LogP) is 2.74. The third-order valence-electron chi connectivity index (χ3n) is 3.13. The van der Waals surface area contributed by atoms with Gasteiger partial charge in [0.05, 0.1) is 11.6 Å². The summed E-state index contributed by atoms with van der Waals surface area (Å²) < 4.78 is 5.46. The largest absolute Gasteiger partial charge is 0.482 e. The third-order valence-corrected chi connectivity index (χ3v) is 3.44. The van der Waals surface area contributed by atoms with Gasteiger partial charge in [0.25, 0.3) is 5.91 Å². The van der Waals surface area contributed by atoms with E-state index < -0.39 is 0 Å². The molecule has 0 radical (unpaired) electrons. The zero-order valence-corrected chi connectivity index (χ0v) is 12.9. The molecule has 0 aliphatic heterocycles. The predicted molar refractivity (Wildman–Crippen MR) is 85.9 cm³/mol. The lowest BCUT2D eigenvalue weighted by Crippen LogP contribution is -2.36. The highest BCUT2D eigenvalue weighted by molar-refractivity contribution is 6.32. The van der Waals surface area contributed by atoms with Gasteiger partial charge in [0.2, 0.25) is 0 Å². The molecular formula is C17H18ClNO3. The minimum atomic E-state index is -0.196. The summed E-state index contributed by atoms with van der Waals surface area (Å²) in [6, 6.07) is 16.6. The van der Waals surface area contributed by atoms with E-state index in [0.29, 0.717) is 17.3 Å². The van der Waals surface area contributed by atoms with Crippen LogP contribution in [0.5, 0.6) is 5.75 Å². The highest BCUT2D eigenvalue weighted by atomic mass is 35.5. The number of amides is 1.